The first kappa shape index (κ1) is 23.3. The molecule has 2 aromatic carbocycles. The monoisotopic (exact) mass is 477 g/mol. The summed E-state index contributed by atoms with van der Waals surface area (Å²) in [5, 5.41) is 10.3. The number of hydrogen-bond donors (Lipinski definition) is 1. The molecule has 2 heterocycles. The van der Waals surface area contributed by atoms with Gasteiger partial charge in [-0.15, -0.1) is 0 Å². The van der Waals surface area contributed by atoms with Crippen LogP contribution in [-0.4, -0.2) is 18.8 Å². The summed E-state index contributed by atoms with van der Waals surface area (Å²) in [5.74, 6) is 0.860. The van der Waals surface area contributed by atoms with Gasteiger partial charge in [-0.2, -0.15) is 5.26 Å². The molecule has 2 N–H and O–H groups in total. The van der Waals surface area contributed by atoms with E-state index in [0.717, 1.165) is 11.3 Å². The van der Waals surface area contributed by atoms with Crippen LogP contribution in [0.2, 0.25) is 5.02 Å². The normalized spacial score (nSPS) is 14.7. The summed E-state index contributed by atoms with van der Waals surface area (Å²) in [5.41, 5.74) is 8.65. The van der Waals surface area contributed by atoms with Gasteiger partial charge in [0.05, 0.1) is 25.7 Å². The van der Waals surface area contributed by atoms with Gasteiger partial charge in [-0.25, -0.2) is 0 Å². The number of ether oxygens (including phenoxy) is 3. The number of allylic oxidation sites excluding steroid dienone is 1. The lowest BCUT2D eigenvalue weighted by Crippen LogP contribution is -2.33. The van der Waals surface area contributed by atoms with Crippen molar-refractivity contribution >= 4 is 11.6 Å². The first-order chi connectivity index (χ1) is 16.4. The fraction of sp³-hybridized carbons (Fsp3) is 0.231. The predicted molar refractivity (Wildman–Crippen MR) is 129 cm³/mol. The molecular formula is C26H24ClN3O4. The number of halogens is 1. The highest BCUT2D eigenvalue weighted by molar-refractivity contribution is 6.31. The highest BCUT2D eigenvalue weighted by atomic mass is 35.5. The Bertz CT molecular complexity index is 1390. The lowest BCUT2D eigenvalue weighted by molar-refractivity contribution is 0.354. The van der Waals surface area contributed by atoms with Crippen molar-refractivity contribution in [1.29, 1.82) is 5.26 Å². The van der Waals surface area contributed by atoms with E-state index in [4.69, 9.17) is 31.5 Å². The standard InChI is InChI=1S/C26H24ClN3O4/c1-15-12-22-24(23(18(14-28)25(29)34-22)17-6-4-5-7-19(17)27)26(31)30(15)11-10-16-8-9-20(32-2)21(13-16)33-3/h4-9,12-13,23H,10-11,29H2,1-3H3. The number of hydrogen-bond acceptors (Lipinski definition) is 6. The van der Waals surface area contributed by atoms with Crippen molar-refractivity contribution in [1.82, 2.24) is 4.57 Å². The Morgan fingerprint density at radius 1 is 1.15 bits per heavy atom. The third-order valence-corrected chi connectivity index (χ3v) is 6.32. The second-order valence-corrected chi connectivity index (χ2v) is 8.31. The van der Waals surface area contributed by atoms with Gasteiger partial charge in [0.2, 0.25) is 5.88 Å². The molecule has 8 heteroatoms. The molecular weight excluding hydrogens is 454 g/mol. The van der Waals surface area contributed by atoms with Crippen molar-refractivity contribution in [3.63, 3.8) is 0 Å². The Morgan fingerprint density at radius 2 is 1.88 bits per heavy atom. The zero-order chi connectivity index (χ0) is 24.4. The highest BCUT2D eigenvalue weighted by Gasteiger charge is 2.35. The Kier molecular flexibility index (Phi) is 6.53. The van der Waals surface area contributed by atoms with Gasteiger partial charge in [0, 0.05) is 23.3 Å². The minimum atomic E-state index is -0.720. The molecule has 0 amide bonds. The summed E-state index contributed by atoms with van der Waals surface area (Å²) < 4.78 is 18.1. The Labute approximate surface area is 202 Å². The summed E-state index contributed by atoms with van der Waals surface area (Å²) in [4.78, 5) is 13.8. The van der Waals surface area contributed by atoms with Gasteiger partial charge in [0.15, 0.2) is 11.5 Å². The smallest absolute Gasteiger partial charge is 0.258 e. The molecule has 1 atom stereocenters. The molecule has 34 heavy (non-hydrogen) atoms. The van der Waals surface area contributed by atoms with Gasteiger partial charge in [-0.05, 0) is 42.7 Å². The van der Waals surface area contributed by atoms with E-state index in [2.05, 4.69) is 6.07 Å². The first-order valence-electron chi connectivity index (χ1n) is 10.7. The molecule has 1 aliphatic rings. The van der Waals surface area contributed by atoms with Gasteiger partial charge in [0.1, 0.15) is 17.4 Å². The molecule has 0 fully saturated rings. The van der Waals surface area contributed by atoms with E-state index in [-0.39, 0.29) is 17.0 Å². The Morgan fingerprint density at radius 3 is 2.56 bits per heavy atom. The van der Waals surface area contributed by atoms with Crippen LogP contribution in [0, 0.1) is 18.3 Å². The fourth-order valence-corrected chi connectivity index (χ4v) is 4.51. The summed E-state index contributed by atoms with van der Waals surface area (Å²) in [6.45, 7) is 2.26. The second-order valence-electron chi connectivity index (χ2n) is 7.91. The van der Waals surface area contributed by atoms with Crippen molar-refractivity contribution in [3.05, 3.63) is 97.7 Å². The van der Waals surface area contributed by atoms with Crippen molar-refractivity contribution in [2.45, 2.75) is 25.8 Å². The van der Waals surface area contributed by atoms with Crippen LogP contribution in [0.3, 0.4) is 0 Å². The molecule has 3 aromatic rings. The molecule has 0 aliphatic carbocycles. The Hall–Kier alpha value is -3.89. The molecule has 0 bridgehead atoms. The molecule has 7 nitrogen and oxygen atoms in total. The molecule has 1 aromatic heterocycles. The fourth-order valence-electron chi connectivity index (χ4n) is 4.26. The van der Waals surface area contributed by atoms with Crippen LogP contribution in [0.1, 0.15) is 28.3 Å². The molecule has 1 unspecified atom stereocenters. The van der Waals surface area contributed by atoms with Crippen molar-refractivity contribution in [3.8, 4) is 23.3 Å². The van der Waals surface area contributed by atoms with E-state index >= 15 is 0 Å². The maximum atomic E-state index is 13.8. The topological polar surface area (TPSA) is 99.5 Å². The second kappa shape index (κ2) is 9.54. The number of nitriles is 1. The van der Waals surface area contributed by atoms with E-state index in [1.54, 1.807) is 43.1 Å². The highest BCUT2D eigenvalue weighted by Crippen LogP contribution is 2.42. The van der Waals surface area contributed by atoms with Crippen LogP contribution in [0.4, 0.5) is 0 Å². The largest absolute Gasteiger partial charge is 0.493 e. The number of benzene rings is 2. The van der Waals surface area contributed by atoms with E-state index < -0.39 is 5.92 Å². The molecule has 0 radical (unpaired) electrons. The first-order valence-corrected chi connectivity index (χ1v) is 11.0. The third-order valence-electron chi connectivity index (χ3n) is 5.98. The van der Waals surface area contributed by atoms with Crippen LogP contribution in [0.15, 0.2) is 64.8 Å². The predicted octanol–water partition coefficient (Wildman–Crippen LogP) is 4.29. The maximum absolute atomic E-state index is 13.8. The number of rotatable bonds is 6. The number of aryl methyl sites for hydroxylation is 2. The molecule has 0 saturated carbocycles. The summed E-state index contributed by atoms with van der Waals surface area (Å²) >= 11 is 6.47. The van der Waals surface area contributed by atoms with Crippen LogP contribution in [-0.2, 0) is 13.0 Å². The minimum Gasteiger partial charge on any atom is -0.493 e. The van der Waals surface area contributed by atoms with Crippen LogP contribution in [0.25, 0.3) is 0 Å². The minimum absolute atomic E-state index is 0.0261. The van der Waals surface area contributed by atoms with Gasteiger partial charge < -0.3 is 24.5 Å². The molecule has 0 saturated heterocycles. The number of pyridine rings is 1. The number of nitrogens with zero attached hydrogens (tertiary/aromatic N) is 2. The molecule has 0 spiro atoms. The SMILES string of the molecule is COc1ccc(CCn2c(C)cc3c(c2=O)C(c2ccccc2Cl)C(C#N)=C(N)O3)cc1OC. The van der Waals surface area contributed by atoms with Crippen LogP contribution >= 0.6 is 11.6 Å². The van der Waals surface area contributed by atoms with Crippen LogP contribution in [0.5, 0.6) is 17.2 Å². The number of methoxy groups -OCH3 is 2. The quantitative estimate of drug-likeness (QED) is 0.568. The van der Waals surface area contributed by atoms with Crippen molar-refractivity contribution in [2.24, 2.45) is 5.73 Å². The average Bonchev–Trinajstić information content (AvgIpc) is 2.83. The van der Waals surface area contributed by atoms with Gasteiger partial charge in [0.25, 0.3) is 5.56 Å². The van der Waals surface area contributed by atoms with Crippen LogP contribution < -0.4 is 25.5 Å². The number of nitrogens with two attached hydrogens (primary N) is 1. The average molecular weight is 478 g/mol. The summed E-state index contributed by atoms with van der Waals surface area (Å²) in [6.07, 6.45) is 0.584. The molecule has 4 rings (SSSR count). The number of aromatic nitrogens is 1. The van der Waals surface area contributed by atoms with E-state index in [0.29, 0.717) is 46.4 Å². The molecule has 174 valence electrons. The Balaban J connectivity index is 1.78. The zero-order valence-corrected chi connectivity index (χ0v) is 19.8. The van der Waals surface area contributed by atoms with Gasteiger partial charge in [-0.3, -0.25) is 4.79 Å². The van der Waals surface area contributed by atoms with E-state index in [1.807, 2.05) is 31.2 Å². The van der Waals surface area contributed by atoms with E-state index in [9.17, 15) is 10.1 Å². The van der Waals surface area contributed by atoms with E-state index in [1.165, 1.54) is 0 Å². The maximum Gasteiger partial charge on any atom is 0.258 e. The van der Waals surface area contributed by atoms with Crippen molar-refractivity contribution in [2.75, 3.05) is 14.2 Å². The third kappa shape index (κ3) is 4.09. The molecule has 1 aliphatic heterocycles. The summed E-state index contributed by atoms with van der Waals surface area (Å²) in [6, 6.07) is 16.7. The zero-order valence-electron chi connectivity index (χ0n) is 19.1. The van der Waals surface area contributed by atoms with Gasteiger partial charge in [-0.1, -0.05) is 35.9 Å². The lowest BCUT2D eigenvalue weighted by atomic mass is 9.84. The summed E-state index contributed by atoms with van der Waals surface area (Å²) in [7, 11) is 3.17. The van der Waals surface area contributed by atoms with Gasteiger partial charge >= 0.3 is 0 Å². The van der Waals surface area contributed by atoms with Crippen molar-refractivity contribution < 1.29 is 14.2 Å². The number of fused-ring (bicyclic) bond motifs is 1. The lowest BCUT2D eigenvalue weighted by Gasteiger charge is -2.28.